The average Bonchev–Trinajstić information content (AvgIpc) is 3.52. The smallest absolute Gasteiger partial charge is 0.277 e. The average molecular weight is 594 g/mol. The molecule has 0 atom stereocenters. The molecule has 9 nitrogen and oxygen atoms in total. The summed E-state index contributed by atoms with van der Waals surface area (Å²) in [6.07, 6.45) is 3.79. The number of benzene rings is 3. The third kappa shape index (κ3) is 8.76. The first-order valence-corrected chi connectivity index (χ1v) is 15.1. The molecule has 1 amide bonds. The van der Waals surface area contributed by atoms with Gasteiger partial charge in [0.25, 0.3) is 11.6 Å². The van der Waals surface area contributed by atoms with Crippen LogP contribution < -0.4 is 19.6 Å². The molecular weight excluding hydrogens is 562 g/mol. The molecule has 3 aromatic carbocycles. The summed E-state index contributed by atoms with van der Waals surface area (Å²) >= 11 is 3.88. The molecule has 1 heterocycles. The zero-order valence-electron chi connectivity index (χ0n) is 22.6. The number of hydrogen-bond donors (Lipinski definition) is 1. The van der Waals surface area contributed by atoms with Gasteiger partial charge in [-0.15, -0.1) is 30.1 Å². The van der Waals surface area contributed by atoms with Gasteiger partial charge in [0, 0.05) is 29.2 Å². The van der Waals surface area contributed by atoms with E-state index in [9.17, 15) is 14.9 Å². The molecule has 4 rings (SSSR count). The number of allylic oxidation sites excluding steroid dienone is 1. The van der Waals surface area contributed by atoms with E-state index < -0.39 is 4.92 Å². The van der Waals surface area contributed by atoms with Crippen LogP contribution in [0.25, 0.3) is 0 Å². The van der Waals surface area contributed by atoms with Crippen molar-refractivity contribution >= 4 is 41.3 Å². The fourth-order valence-corrected chi connectivity index (χ4v) is 6.85. The number of rotatable bonds is 14. The van der Waals surface area contributed by atoms with Gasteiger partial charge >= 0.3 is 0 Å². The van der Waals surface area contributed by atoms with Crippen LogP contribution in [0.15, 0.2) is 78.4 Å². The van der Waals surface area contributed by atoms with Crippen molar-refractivity contribution in [3.63, 3.8) is 0 Å². The summed E-state index contributed by atoms with van der Waals surface area (Å²) in [7, 11) is 0. The van der Waals surface area contributed by atoms with Gasteiger partial charge in [0.1, 0.15) is 12.4 Å². The Morgan fingerprint density at radius 3 is 2.49 bits per heavy atom. The minimum absolute atomic E-state index is 0.0186. The Balaban J connectivity index is 1.36. The van der Waals surface area contributed by atoms with Crippen LogP contribution in [0.1, 0.15) is 33.8 Å². The molecule has 0 saturated carbocycles. The van der Waals surface area contributed by atoms with E-state index in [1.165, 1.54) is 35.4 Å². The van der Waals surface area contributed by atoms with Crippen molar-refractivity contribution in [2.75, 3.05) is 24.7 Å². The molecule has 0 unspecified atom stereocenters. The lowest BCUT2D eigenvalue weighted by molar-refractivity contribution is -0.384. The van der Waals surface area contributed by atoms with Crippen LogP contribution in [0.5, 0.6) is 17.2 Å². The van der Waals surface area contributed by atoms with E-state index >= 15 is 0 Å². The van der Waals surface area contributed by atoms with E-state index in [1.807, 2.05) is 60.8 Å². The van der Waals surface area contributed by atoms with Gasteiger partial charge < -0.3 is 14.2 Å². The molecule has 41 heavy (non-hydrogen) atoms. The van der Waals surface area contributed by atoms with E-state index in [1.54, 1.807) is 24.3 Å². The van der Waals surface area contributed by atoms with Crippen LogP contribution in [0.3, 0.4) is 0 Å². The molecule has 1 N–H and O–H groups in total. The number of nitro groups is 1. The van der Waals surface area contributed by atoms with Crippen molar-refractivity contribution < 1.29 is 23.9 Å². The number of hydrazone groups is 1. The summed E-state index contributed by atoms with van der Waals surface area (Å²) in [4.78, 5) is 22.8. The highest BCUT2D eigenvalue weighted by Gasteiger charge is 2.18. The molecule has 0 radical (unpaired) electrons. The summed E-state index contributed by atoms with van der Waals surface area (Å²) in [5, 5.41) is 15.0. The lowest BCUT2D eigenvalue weighted by atomic mass is 10.1. The fourth-order valence-electron chi connectivity index (χ4n) is 3.99. The second-order valence-electron chi connectivity index (χ2n) is 8.87. The molecule has 1 fully saturated rings. The zero-order valence-corrected chi connectivity index (χ0v) is 24.2. The van der Waals surface area contributed by atoms with Crippen molar-refractivity contribution in [3.05, 3.63) is 106 Å². The van der Waals surface area contributed by atoms with Gasteiger partial charge in [-0.1, -0.05) is 18.2 Å². The van der Waals surface area contributed by atoms with E-state index in [2.05, 4.69) is 17.1 Å². The maximum Gasteiger partial charge on any atom is 0.277 e. The maximum atomic E-state index is 12.3. The second kappa shape index (κ2) is 15.2. The number of carbonyl (C=O) groups is 1. The topological polar surface area (TPSA) is 112 Å². The van der Waals surface area contributed by atoms with Crippen molar-refractivity contribution in [2.45, 2.75) is 24.5 Å². The van der Waals surface area contributed by atoms with Crippen molar-refractivity contribution in [1.29, 1.82) is 0 Å². The molecule has 1 aliphatic heterocycles. The molecule has 11 heteroatoms. The van der Waals surface area contributed by atoms with Crippen LogP contribution in [0.4, 0.5) is 5.69 Å². The zero-order chi connectivity index (χ0) is 29.0. The SMILES string of the molecule is C=CCc1cc(/C=N\NC(=O)COc2ccc(C3SCCS3)cc2)cc(OCC)c1OCc1ccc([N+](=O)[O-])cc1. The normalized spacial score (nSPS) is 13.2. The van der Waals surface area contributed by atoms with Gasteiger partial charge in [-0.05, 0) is 66.4 Å². The summed E-state index contributed by atoms with van der Waals surface area (Å²) in [6, 6.07) is 17.7. The molecule has 214 valence electrons. The predicted octanol–water partition coefficient (Wildman–Crippen LogP) is 6.31. The standard InChI is InChI=1S/C30H31N3O6S2/c1-3-5-24-16-22(17-27(37-4-2)29(24)39-19-21-6-10-25(11-7-21)33(35)36)18-31-32-28(34)20-38-26-12-8-23(9-13-26)30-40-14-15-41-30/h3,6-13,16-18,30H,1,4-5,14-15,19-20H2,2H3,(H,32,34)/b31-18-. The summed E-state index contributed by atoms with van der Waals surface area (Å²) < 4.78 is 18.0. The number of nitrogens with one attached hydrogen (secondary N) is 1. The molecule has 1 saturated heterocycles. The maximum absolute atomic E-state index is 12.3. The first kappa shape index (κ1) is 30.0. The fraction of sp³-hybridized carbons (Fsp3) is 0.267. The van der Waals surface area contributed by atoms with Crippen LogP contribution >= 0.6 is 23.5 Å². The number of non-ortho nitro benzene ring substituents is 1. The molecule has 3 aromatic rings. The van der Waals surface area contributed by atoms with E-state index in [0.717, 1.165) is 11.1 Å². The lowest BCUT2D eigenvalue weighted by Crippen LogP contribution is -2.24. The summed E-state index contributed by atoms with van der Waals surface area (Å²) in [6.45, 7) is 6.16. The van der Waals surface area contributed by atoms with Crippen LogP contribution in [0.2, 0.25) is 0 Å². The number of nitrogens with zero attached hydrogens (tertiary/aromatic N) is 2. The molecular formula is C30H31N3O6S2. The summed E-state index contributed by atoms with van der Waals surface area (Å²) in [5.74, 6) is 3.64. The molecule has 1 aliphatic rings. The Kier molecular flexibility index (Phi) is 11.1. The van der Waals surface area contributed by atoms with Gasteiger partial charge in [-0.3, -0.25) is 14.9 Å². The van der Waals surface area contributed by atoms with Crippen molar-refractivity contribution in [3.8, 4) is 17.2 Å². The largest absolute Gasteiger partial charge is 0.490 e. The molecule has 0 spiro atoms. The number of amides is 1. The van der Waals surface area contributed by atoms with Crippen molar-refractivity contribution in [2.24, 2.45) is 5.10 Å². The monoisotopic (exact) mass is 593 g/mol. The van der Waals surface area contributed by atoms with E-state index in [0.29, 0.717) is 40.4 Å². The van der Waals surface area contributed by atoms with Gasteiger partial charge in [-0.2, -0.15) is 5.10 Å². The Bertz CT molecular complexity index is 1370. The van der Waals surface area contributed by atoms with Gasteiger partial charge in [0.15, 0.2) is 18.1 Å². The quantitative estimate of drug-likeness (QED) is 0.100. The van der Waals surface area contributed by atoms with E-state index in [4.69, 9.17) is 14.2 Å². The predicted molar refractivity (Wildman–Crippen MR) is 164 cm³/mol. The van der Waals surface area contributed by atoms with Crippen LogP contribution in [-0.4, -0.2) is 41.8 Å². The second-order valence-corrected chi connectivity index (χ2v) is 11.6. The lowest BCUT2D eigenvalue weighted by Gasteiger charge is -2.17. The Labute approximate surface area is 247 Å². The third-order valence-corrected chi connectivity index (χ3v) is 9.00. The Morgan fingerprint density at radius 2 is 1.83 bits per heavy atom. The Morgan fingerprint density at radius 1 is 1.10 bits per heavy atom. The number of hydrogen-bond acceptors (Lipinski definition) is 9. The number of carbonyl (C=O) groups excluding carboxylic acids is 1. The van der Waals surface area contributed by atoms with Crippen LogP contribution in [-0.2, 0) is 17.8 Å². The first-order chi connectivity index (χ1) is 20.0. The number of thioether (sulfide) groups is 2. The molecule has 0 aromatic heterocycles. The molecule has 0 aliphatic carbocycles. The summed E-state index contributed by atoms with van der Waals surface area (Å²) in [5.41, 5.74) is 6.07. The van der Waals surface area contributed by atoms with Gasteiger partial charge in [0.05, 0.1) is 22.3 Å². The molecule has 0 bridgehead atoms. The minimum Gasteiger partial charge on any atom is -0.490 e. The van der Waals surface area contributed by atoms with Gasteiger partial charge in [-0.25, -0.2) is 5.43 Å². The minimum atomic E-state index is -0.441. The number of ether oxygens (including phenoxy) is 3. The van der Waals surface area contributed by atoms with E-state index in [-0.39, 0.29) is 24.8 Å². The Hall–Kier alpha value is -3.96. The highest BCUT2D eigenvalue weighted by atomic mass is 32.2. The highest BCUT2D eigenvalue weighted by Crippen LogP contribution is 2.45. The van der Waals surface area contributed by atoms with Crippen molar-refractivity contribution in [1.82, 2.24) is 5.43 Å². The van der Waals surface area contributed by atoms with Gasteiger partial charge in [0.2, 0.25) is 0 Å². The van der Waals surface area contributed by atoms with Crippen LogP contribution in [0, 0.1) is 10.1 Å². The first-order valence-electron chi connectivity index (χ1n) is 13.0. The third-order valence-electron chi connectivity index (χ3n) is 5.90. The highest BCUT2D eigenvalue weighted by molar-refractivity contribution is 8.19. The number of nitro benzene ring substituents is 1.